The molecule has 0 amide bonds. The van der Waals surface area contributed by atoms with Crippen LogP contribution < -0.4 is 0 Å². The quantitative estimate of drug-likeness (QED) is 0.489. The Bertz CT molecular complexity index is 1230. The zero-order valence-electron chi connectivity index (χ0n) is 15.7. The number of ether oxygens (including phenoxy) is 1. The Morgan fingerprint density at radius 3 is 2.83 bits per heavy atom. The van der Waals surface area contributed by atoms with E-state index in [9.17, 15) is 9.18 Å². The minimum Gasteiger partial charge on any atom is -0.379 e. The number of aldehydes is 1. The SMILES string of the molecule is Cn1cnnc1CC1(c2cccc(-n3cc4c(F)cc(C=O)cc4n3)c2)COC1. The number of aryl methyl sites for hydroxylation is 1. The van der Waals surface area contributed by atoms with E-state index in [1.807, 2.05) is 29.8 Å². The molecule has 0 unspecified atom stereocenters. The summed E-state index contributed by atoms with van der Waals surface area (Å²) in [6.07, 6.45) is 4.67. The van der Waals surface area contributed by atoms with Crippen molar-refractivity contribution in [1.82, 2.24) is 24.5 Å². The molecule has 29 heavy (non-hydrogen) atoms. The van der Waals surface area contributed by atoms with Gasteiger partial charge in [0.15, 0.2) is 0 Å². The second-order valence-corrected chi connectivity index (χ2v) is 7.49. The highest BCUT2D eigenvalue weighted by molar-refractivity contribution is 5.87. The minimum absolute atomic E-state index is 0.181. The van der Waals surface area contributed by atoms with Crippen LogP contribution in [-0.2, 0) is 23.6 Å². The van der Waals surface area contributed by atoms with Gasteiger partial charge < -0.3 is 9.30 Å². The molecule has 1 saturated heterocycles. The number of aromatic nitrogens is 5. The van der Waals surface area contributed by atoms with Crippen molar-refractivity contribution in [3.63, 3.8) is 0 Å². The van der Waals surface area contributed by atoms with Crippen molar-refractivity contribution in [3.05, 3.63) is 71.7 Å². The number of hydrogen-bond acceptors (Lipinski definition) is 5. The summed E-state index contributed by atoms with van der Waals surface area (Å²) in [5, 5.41) is 13.0. The van der Waals surface area contributed by atoms with Crippen LogP contribution in [0.3, 0.4) is 0 Å². The molecular weight excluding hydrogens is 373 g/mol. The monoisotopic (exact) mass is 391 g/mol. The molecule has 0 saturated carbocycles. The molecule has 1 aliphatic rings. The predicted octanol–water partition coefficient (Wildman–Crippen LogP) is 2.62. The van der Waals surface area contributed by atoms with Gasteiger partial charge in [0.25, 0.3) is 0 Å². The summed E-state index contributed by atoms with van der Waals surface area (Å²) in [6.45, 7) is 1.20. The lowest BCUT2D eigenvalue weighted by molar-refractivity contribution is -0.0611. The average molecular weight is 391 g/mol. The zero-order chi connectivity index (χ0) is 20.0. The molecule has 7 nitrogen and oxygen atoms in total. The van der Waals surface area contributed by atoms with E-state index in [4.69, 9.17) is 4.74 Å². The number of carbonyl (C=O) groups excluding carboxylic acids is 1. The Hall–Kier alpha value is -3.39. The first-order chi connectivity index (χ1) is 14.1. The van der Waals surface area contributed by atoms with E-state index in [2.05, 4.69) is 21.4 Å². The molecule has 1 aliphatic heterocycles. The summed E-state index contributed by atoms with van der Waals surface area (Å²) in [7, 11) is 1.93. The number of nitrogens with zero attached hydrogens (tertiary/aromatic N) is 5. The number of carbonyl (C=O) groups is 1. The Kier molecular flexibility index (Phi) is 4.02. The Morgan fingerprint density at radius 2 is 2.14 bits per heavy atom. The fraction of sp³-hybridized carbons (Fsp3) is 0.238. The van der Waals surface area contributed by atoms with Crippen molar-refractivity contribution in [3.8, 4) is 5.69 Å². The van der Waals surface area contributed by atoms with Gasteiger partial charge in [0.1, 0.15) is 24.3 Å². The topological polar surface area (TPSA) is 74.8 Å². The van der Waals surface area contributed by atoms with Crippen LogP contribution in [0.5, 0.6) is 0 Å². The van der Waals surface area contributed by atoms with Gasteiger partial charge in [0, 0.05) is 30.6 Å². The smallest absolute Gasteiger partial charge is 0.150 e. The molecule has 0 radical (unpaired) electrons. The van der Waals surface area contributed by atoms with E-state index in [0.29, 0.717) is 36.8 Å². The summed E-state index contributed by atoms with van der Waals surface area (Å²) >= 11 is 0. The molecule has 0 atom stereocenters. The van der Waals surface area contributed by atoms with E-state index in [1.54, 1.807) is 23.3 Å². The first-order valence-electron chi connectivity index (χ1n) is 9.24. The standard InChI is InChI=1S/C21H18FN5O2/c1-26-13-23-24-20(26)8-21(11-29-12-21)15-3-2-4-16(7-15)27-9-17-18(22)5-14(10-28)6-19(17)25-27/h2-7,9-10,13H,8,11-12H2,1H3. The van der Waals surface area contributed by atoms with E-state index >= 15 is 0 Å². The lowest BCUT2D eigenvalue weighted by Crippen LogP contribution is -2.49. The van der Waals surface area contributed by atoms with Gasteiger partial charge in [0.2, 0.25) is 0 Å². The van der Waals surface area contributed by atoms with Crippen LogP contribution in [0.15, 0.2) is 48.9 Å². The second-order valence-electron chi connectivity index (χ2n) is 7.49. The highest BCUT2D eigenvalue weighted by Gasteiger charge is 2.41. The highest BCUT2D eigenvalue weighted by Crippen LogP contribution is 2.36. The number of benzene rings is 2. The maximum absolute atomic E-state index is 14.3. The Morgan fingerprint density at radius 1 is 1.28 bits per heavy atom. The summed E-state index contributed by atoms with van der Waals surface area (Å²) in [5.74, 6) is 0.435. The molecule has 1 fully saturated rings. The third kappa shape index (κ3) is 2.92. The molecule has 4 aromatic rings. The van der Waals surface area contributed by atoms with Crippen LogP contribution in [0.2, 0.25) is 0 Å². The number of rotatable bonds is 5. The Balaban J connectivity index is 1.54. The van der Waals surface area contributed by atoms with Crippen LogP contribution in [0, 0.1) is 5.82 Å². The van der Waals surface area contributed by atoms with Gasteiger partial charge in [-0.25, -0.2) is 9.07 Å². The molecular formula is C21H18FN5O2. The van der Waals surface area contributed by atoms with Crippen molar-refractivity contribution in [2.75, 3.05) is 13.2 Å². The van der Waals surface area contributed by atoms with E-state index in [-0.39, 0.29) is 11.0 Å². The Labute approximate surface area is 165 Å². The number of hydrogen-bond donors (Lipinski definition) is 0. The fourth-order valence-electron chi connectivity index (χ4n) is 3.77. The van der Waals surface area contributed by atoms with Gasteiger partial charge in [-0.1, -0.05) is 12.1 Å². The van der Waals surface area contributed by atoms with E-state index in [0.717, 1.165) is 17.1 Å². The van der Waals surface area contributed by atoms with Crippen LogP contribution >= 0.6 is 0 Å². The van der Waals surface area contributed by atoms with Gasteiger partial charge in [-0.05, 0) is 29.8 Å². The summed E-state index contributed by atoms with van der Waals surface area (Å²) in [4.78, 5) is 11.0. The van der Waals surface area contributed by atoms with Gasteiger partial charge in [0.05, 0.1) is 29.8 Å². The molecule has 146 valence electrons. The van der Waals surface area contributed by atoms with Gasteiger partial charge in [-0.15, -0.1) is 10.2 Å². The largest absolute Gasteiger partial charge is 0.379 e. The third-order valence-corrected chi connectivity index (χ3v) is 5.51. The molecule has 0 spiro atoms. The van der Waals surface area contributed by atoms with Crippen LogP contribution in [0.4, 0.5) is 4.39 Å². The maximum atomic E-state index is 14.3. The molecule has 5 rings (SSSR count). The van der Waals surface area contributed by atoms with Gasteiger partial charge >= 0.3 is 0 Å². The molecule has 8 heteroatoms. The number of fused-ring (bicyclic) bond motifs is 1. The first kappa shape index (κ1) is 17.7. The van der Waals surface area contributed by atoms with Gasteiger partial charge in [-0.3, -0.25) is 4.79 Å². The molecule has 0 aliphatic carbocycles. The van der Waals surface area contributed by atoms with E-state index in [1.165, 1.54) is 6.07 Å². The van der Waals surface area contributed by atoms with Crippen molar-refractivity contribution in [1.29, 1.82) is 0 Å². The minimum atomic E-state index is -0.460. The van der Waals surface area contributed by atoms with Crippen LogP contribution in [0.25, 0.3) is 16.6 Å². The van der Waals surface area contributed by atoms with Crippen molar-refractivity contribution >= 4 is 17.2 Å². The van der Waals surface area contributed by atoms with Crippen molar-refractivity contribution < 1.29 is 13.9 Å². The summed E-state index contributed by atoms with van der Waals surface area (Å²) in [6, 6.07) is 10.8. The van der Waals surface area contributed by atoms with Crippen LogP contribution in [0.1, 0.15) is 21.7 Å². The maximum Gasteiger partial charge on any atom is 0.150 e. The molecule has 0 bridgehead atoms. The molecule has 2 aromatic carbocycles. The summed E-state index contributed by atoms with van der Waals surface area (Å²) in [5.41, 5.74) is 2.45. The first-order valence-corrected chi connectivity index (χ1v) is 9.24. The van der Waals surface area contributed by atoms with Crippen molar-refractivity contribution in [2.24, 2.45) is 7.05 Å². The second kappa shape index (κ2) is 6.59. The van der Waals surface area contributed by atoms with Crippen molar-refractivity contribution in [2.45, 2.75) is 11.8 Å². The summed E-state index contributed by atoms with van der Waals surface area (Å²) < 4.78 is 23.4. The molecule has 2 aromatic heterocycles. The van der Waals surface area contributed by atoms with Crippen LogP contribution in [-0.4, -0.2) is 44.0 Å². The fourth-order valence-corrected chi connectivity index (χ4v) is 3.77. The number of halogens is 1. The average Bonchev–Trinajstić information content (AvgIpc) is 3.31. The predicted molar refractivity (Wildman–Crippen MR) is 104 cm³/mol. The molecule has 3 heterocycles. The lowest BCUT2D eigenvalue weighted by Gasteiger charge is -2.41. The zero-order valence-corrected chi connectivity index (χ0v) is 15.7. The normalized spacial score (nSPS) is 15.4. The highest BCUT2D eigenvalue weighted by atomic mass is 19.1. The van der Waals surface area contributed by atoms with Gasteiger partial charge in [-0.2, -0.15) is 5.10 Å². The lowest BCUT2D eigenvalue weighted by atomic mass is 9.75. The third-order valence-electron chi connectivity index (χ3n) is 5.51. The molecule has 0 N–H and O–H groups in total. The van der Waals surface area contributed by atoms with E-state index < -0.39 is 5.82 Å².